The van der Waals surface area contributed by atoms with Crippen molar-refractivity contribution in [2.75, 3.05) is 7.11 Å². The van der Waals surface area contributed by atoms with Gasteiger partial charge in [-0.2, -0.15) is 0 Å². The molecule has 1 aromatic carbocycles. The average molecular weight is 217 g/mol. The van der Waals surface area contributed by atoms with Gasteiger partial charge in [-0.15, -0.1) is 0 Å². The predicted octanol–water partition coefficient (Wildman–Crippen LogP) is 2.62. The second-order valence-electron chi connectivity index (χ2n) is 4.50. The molecule has 1 aromatic rings. The number of ether oxygens (including phenoxy) is 1. The highest BCUT2D eigenvalue weighted by atomic mass is 16.6. The number of hydrogen-bond donors (Lipinski definition) is 0. The quantitative estimate of drug-likeness (QED) is 0.724. The maximum absolute atomic E-state index is 5.44. The van der Waals surface area contributed by atoms with Gasteiger partial charge in [0.25, 0.3) is 0 Å². The van der Waals surface area contributed by atoms with Gasteiger partial charge in [-0.1, -0.05) is 5.16 Å². The molecule has 1 aliphatic heterocycles. The first-order valence-electron chi connectivity index (χ1n) is 5.66. The normalized spacial score (nSPS) is 25.9. The number of methoxy groups -OCH3 is 1. The van der Waals surface area contributed by atoms with E-state index in [-0.39, 0.29) is 6.10 Å². The number of nitrogens with zero attached hydrogens (tertiary/aromatic N) is 1. The average Bonchev–Trinajstić information content (AvgIpc) is 2.76. The van der Waals surface area contributed by atoms with Crippen LogP contribution in [0.3, 0.4) is 0 Å². The van der Waals surface area contributed by atoms with Gasteiger partial charge in [-0.05, 0) is 48.6 Å². The van der Waals surface area contributed by atoms with Crippen LogP contribution in [0.25, 0.3) is 0 Å². The van der Waals surface area contributed by atoms with Crippen molar-refractivity contribution in [1.29, 1.82) is 0 Å². The first-order valence-corrected chi connectivity index (χ1v) is 5.66. The molecule has 0 bridgehead atoms. The van der Waals surface area contributed by atoms with Gasteiger partial charge in [0, 0.05) is 5.92 Å². The number of aryl methyl sites for hydroxylation is 2. The Morgan fingerprint density at radius 3 is 3.12 bits per heavy atom. The van der Waals surface area contributed by atoms with Gasteiger partial charge in [0.05, 0.1) is 13.3 Å². The molecular formula is C13H15NO2. The molecule has 0 spiro atoms. The standard InChI is InChI=1S/C13H15NO2/c1-8-5-11-9(6-12(8)15-2)3-4-10-7-14-16-13(10)11/h5-7,10,13H,3-4H2,1-2H3/t10-,13-/m0/s1. The number of rotatable bonds is 1. The molecule has 2 aliphatic rings. The Kier molecular flexibility index (Phi) is 2.13. The lowest BCUT2D eigenvalue weighted by molar-refractivity contribution is 0.0541. The van der Waals surface area contributed by atoms with Gasteiger partial charge < -0.3 is 9.57 Å². The molecule has 16 heavy (non-hydrogen) atoms. The number of hydrogen-bond acceptors (Lipinski definition) is 3. The maximum Gasteiger partial charge on any atom is 0.160 e. The van der Waals surface area contributed by atoms with Gasteiger partial charge in [-0.3, -0.25) is 0 Å². The molecule has 2 atom stereocenters. The minimum Gasteiger partial charge on any atom is -0.496 e. The summed E-state index contributed by atoms with van der Waals surface area (Å²) in [5.41, 5.74) is 3.79. The summed E-state index contributed by atoms with van der Waals surface area (Å²) >= 11 is 0. The van der Waals surface area contributed by atoms with E-state index in [1.54, 1.807) is 7.11 Å². The van der Waals surface area contributed by atoms with E-state index in [9.17, 15) is 0 Å². The highest BCUT2D eigenvalue weighted by Crippen LogP contribution is 2.41. The van der Waals surface area contributed by atoms with E-state index in [4.69, 9.17) is 9.57 Å². The van der Waals surface area contributed by atoms with Crippen LogP contribution in [0.2, 0.25) is 0 Å². The maximum atomic E-state index is 5.44. The fourth-order valence-electron chi connectivity index (χ4n) is 2.62. The molecule has 0 saturated heterocycles. The van der Waals surface area contributed by atoms with Crippen molar-refractivity contribution in [2.45, 2.75) is 25.9 Å². The van der Waals surface area contributed by atoms with E-state index in [2.05, 4.69) is 24.2 Å². The first kappa shape index (κ1) is 9.70. The van der Waals surface area contributed by atoms with Crippen molar-refractivity contribution in [1.82, 2.24) is 0 Å². The Labute approximate surface area is 95.1 Å². The van der Waals surface area contributed by atoms with Gasteiger partial charge >= 0.3 is 0 Å². The minimum absolute atomic E-state index is 0.133. The molecule has 0 radical (unpaired) electrons. The number of oxime groups is 1. The zero-order chi connectivity index (χ0) is 11.1. The van der Waals surface area contributed by atoms with Crippen LogP contribution in [0.5, 0.6) is 5.75 Å². The topological polar surface area (TPSA) is 30.8 Å². The molecule has 3 rings (SSSR count). The summed E-state index contributed by atoms with van der Waals surface area (Å²) in [5, 5.41) is 3.94. The monoisotopic (exact) mass is 217 g/mol. The van der Waals surface area contributed by atoms with Crippen molar-refractivity contribution >= 4 is 6.21 Å². The van der Waals surface area contributed by atoms with Gasteiger partial charge in [0.1, 0.15) is 5.75 Å². The van der Waals surface area contributed by atoms with Crippen LogP contribution in [0.1, 0.15) is 29.2 Å². The summed E-state index contributed by atoms with van der Waals surface area (Å²) in [7, 11) is 1.72. The van der Waals surface area contributed by atoms with E-state index in [1.165, 1.54) is 11.1 Å². The third kappa shape index (κ3) is 1.31. The largest absolute Gasteiger partial charge is 0.496 e. The smallest absolute Gasteiger partial charge is 0.160 e. The summed E-state index contributed by atoms with van der Waals surface area (Å²) in [6.07, 6.45) is 4.27. The van der Waals surface area contributed by atoms with E-state index in [0.29, 0.717) is 5.92 Å². The van der Waals surface area contributed by atoms with E-state index >= 15 is 0 Å². The Morgan fingerprint density at radius 2 is 2.31 bits per heavy atom. The fourth-order valence-corrected chi connectivity index (χ4v) is 2.62. The van der Waals surface area contributed by atoms with E-state index in [1.807, 2.05) is 6.21 Å². The molecular weight excluding hydrogens is 202 g/mol. The van der Waals surface area contributed by atoms with Crippen molar-refractivity contribution in [3.05, 3.63) is 28.8 Å². The third-order valence-electron chi connectivity index (χ3n) is 3.53. The van der Waals surface area contributed by atoms with Crippen LogP contribution >= 0.6 is 0 Å². The summed E-state index contributed by atoms with van der Waals surface area (Å²) in [5.74, 6) is 1.43. The lowest BCUT2D eigenvalue weighted by Gasteiger charge is -2.26. The van der Waals surface area contributed by atoms with E-state index < -0.39 is 0 Å². The van der Waals surface area contributed by atoms with Gasteiger partial charge in [0.15, 0.2) is 6.10 Å². The first-order chi connectivity index (χ1) is 7.79. The Hall–Kier alpha value is -1.51. The molecule has 84 valence electrons. The zero-order valence-electron chi connectivity index (χ0n) is 9.56. The lowest BCUT2D eigenvalue weighted by atomic mass is 9.81. The number of benzene rings is 1. The van der Waals surface area contributed by atoms with E-state index in [0.717, 1.165) is 24.2 Å². The molecule has 0 aromatic heterocycles. The Bertz CT molecular complexity index is 453. The molecule has 0 amide bonds. The minimum atomic E-state index is 0.133. The molecule has 3 nitrogen and oxygen atoms in total. The molecule has 0 unspecified atom stereocenters. The second-order valence-corrected chi connectivity index (χ2v) is 4.50. The molecule has 1 aliphatic carbocycles. The van der Waals surface area contributed by atoms with Gasteiger partial charge in [-0.25, -0.2) is 0 Å². The molecule has 3 heteroatoms. The number of fused-ring (bicyclic) bond motifs is 3. The molecule has 0 N–H and O–H groups in total. The summed E-state index contributed by atoms with van der Waals surface area (Å²) in [6.45, 7) is 2.07. The van der Waals surface area contributed by atoms with Crippen LogP contribution in [0.4, 0.5) is 0 Å². The van der Waals surface area contributed by atoms with Crippen LogP contribution in [-0.2, 0) is 11.3 Å². The third-order valence-corrected chi connectivity index (χ3v) is 3.53. The molecule has 1 heterocycles. The van der Waals surface area contributed by atoms with Crippen LogP contribution in [0.15, 0.2) is 17.3 Å². The lowest BCUT2D eigenvalue weighted by Crippen LogP contribution is -2.19. The van der Waals surface area contributed by atoms with Crippen molar-refractivity contribution in [2.24, 2.45) is 11.1 Å². The fraction of sp³-hybridized carbons (Fsp3) is 0.462. The predicted molar refractivity (Wildman–Crippen MR) is 61.9 cm³/mol. The van der Waals surface area contributed by atoms with Crippen molar-refractivity contribution < 1.29 is 9.57 Å². The van der Waals surface area contributed by atoms with Gasteiger partial charge in [0.2, 0.25) is 0 Å². The summed E-state index contributed by atoms with van der Waals surface area (Å²) in [4.78, 5) is 5.44. The summed E-state index contributed by atoms with van der Waals surface area (Å²) in [6, 6.07) is 4.32. The Morgan fingerprint density at radius 1 is 1.44 bits per heavy atom. The van der Waals surface area contributed by atoms with Crippen LogP contribution in [-0.4, -0.2) is 13.3 Å². The van der Waals surface area contributed by atoms with Crippen LogP contribution < -0.4 is 4.74 Å². The highest BCUT2D eigenvalue weighted by Gasteiger charge is 2.34. The molecule has 0 fully saturated rings. The SMILES string of the molecule is COc1cc2c(cc1C)[C@H]1ON=C[C@@H]1CC2. The summed E-state index contributed by atoms with van der Waals surface area (Å²) < 4.78 is 5.35. The Balaban J connectivity index is 2.07. The zero-order valence-corrected chi connectivity index (χ0v) is 9.56. The highest BCUT2D eigenvalue weighted by molar-refractivity contribution is 5.64. The van der Waals surface area contributed by atoms with Crippen molar-refractivity contribution in [3.63, 3.8) is 0 Å². The molecule has 0 saturated carbocycles. The van der Waals surface area contributed by atoms with Crippen LogP contribution in [0, 0.1) is 12.8 Å². The second kappa shape index (κ2) is 3.51. The van der Waals surface area contributed by atoms with Crippen molar-refractivity contribution in [3.8, 4) is 5.75 Å².